The van der Waals surface area contributed by atoms with Gasteiger partial charge in [0.05, 0.1) is 24.7 Å². The number of nitrogens with two attached hydrogens (primary N) is 1. The molecule has 0 atom stereocenters. The summed E-state index contributed by atoms with van der Waals surface area (Å²) in [5.74, 6) is -0.316. The second-order valence-electron chi connectivity index (χ2n) is 3.39. The molecule has 0 radical (unpaired) electrons. The average molecular weight is 297 g/mol. The zero-order valence-corrected chi connectivity index (χ0v) is 11.1. The molecule has 0 spiro atoms. The first-order valence-electron chi connectivity index (χ1n) is 5.19. The van der Waals surface area contributed by atoms with E-state index in [1.54, 1.807) is 19.1 Å². The van der Waals surface area contributed by atoms with Gasteiger partial charge < -0.3 is 10.5 Å². The molecule has 0 fully saturated rings. The molecule has 0 bridgehead atoms. The van der Waals surface area contributed by atoms with Gasteiger partial charge in [0, 0.05) is 11.0 Å². The highest BCUT2D eigenvalue weighted by molar-refractivity contribution is 9.10. The maximum absolute atomic E-state index is 11.4. The number of halogens is 1. The molecule has 0 heterocycles. The first-order valence-corrected chi connectivity index (χ1v) is 5.98. The molecule has 0 aliphatic rings. The summed E-state index contributed by atoms with van der Waals surface area (Å²) in [6.45, 7) is 2.32. The van der Waals surface area contributed by atoms with Crippen molar-refractivity contribution in [2.75, 3.05) is 6.61 Å². The third-order valence-electron chi connectivity index (χ3n) is 2.27. The molecule has 0 saturated heterocycles. The Kier molecular flexibility index (Phi) is 5.13. The van der Waals surface area contributed by atoms with E-state index >= 15 is 0 Å². The summed E-state index contributed by atoms with van der Waals surface area (Å²) in [6, 6.07) is 5.55. The van der Waals surface area contributed by atoms with Crippen molar-refractivity contribution in [1.29, 1.82) is 5.26 Å². The fourth-order valence-corrected chi connectivity index (χ4v) is 2.06. The maximum atomic E-state index is 11.4. The van der Waals surface area contributed by atoms with Crippen LogP contribution >= 0.6 is 15.9 Å². The smallest absolute Gasteiger partial charge is 0.310 e. The molecule has 0 aromatic heterocycles. The Bertz CT molecular complexity index is 466. The van der Waals surface area contributed by atoms with E-state index in [9.17, 15) is 4.79 Å². The lowest BCUT2D eigenvalue weighted by Crippen LogP contribution is -2.12. The predicted octanol–water partition coefficient (Wildman–Crippen LogP) is 1.89. The molecular weight excluding hydrogens is 284 g/mol. The van der Waals surface area contributed by atoms with Crippen LogP contribution in [0.25, 0.3) is 0 Å². The van der Waals surface area contributed by atoms with Crippen molar-refractivity contribution in [3.63, 3.8) is 0 Å². The summed E-state index contributed by atoms with van der Waals surface area (Å²) in [7, 11) is 0. The first-order chi connectivity index (χ1) is 8.12. The normalized spacial score (nSPS) is 9.76. The van der Waals surface area contributed by atoms with E-state index in [1.165, 1.54) is 0 Å². The SMILES string of the molecule is CCOC(=O)Cc1cc(Br)cc(C#N)c1CN. The topological polar surface area (TPSA) is 76.1 Å². The Hall–Kier alpha value is -1.38. The highest BCUT2D eigenvalue weighted by Crippen LogP contribution is 2.21. The summed E-state index contributed by atoms with van der Waals surface area (Å²) < 4.78 is 5.64. The lowest BCUT2D eigenvalue weighted by Gasteiger charge is -2.10. The van der Waals surface area contributed by atoms with Gasteiger partial charge in [-0.2, -0.15) is 5.26 Å². The summed E-state index contributed by atoms with van der Waals surface area (Å²) in [5.41, 5.74) is 7.53. The van der Waals surface area contributed by atoms with Crippen molar-refractivity contribution in [2.24, 2.45) is 5.73 Å². The quantitative estimate of drug-likeness (QED) is 0.861. The van der Waals surface area contributed by atoms with E-state index in [0.29, 0.717) is 17.7 Å². The van der Waals surface area contributed by atoms with Crippen LogP contribution in [0.1, 0.15) is 23.6 Å². The third-order valence-corrected chi connectivity index (χ3v) is 2.73. The van der Waals surface area contributed by atoms with Crippen LogP contribution in [0.15, 0.2) is 16.6 Å². The highest BCUT2D eigenvalue weighted by atomic mass is 79.9. The van der Waals surface area contributed by atoms with Gasteiger partial charge in [-0.05, 0) is 30.2 Å². The van der Waals surface area contributed by atoms with Gasteiger partial charge in [0.1, 0.15) is 0 Å². The van der Waals surface area contributed by atoms with Gasteiger partial charge in [0.15, 0.2) is 0 Å². The minimum atomic E-state index is -0.316. The molecule has 0 aliphatic carbocycles. The molecule has 0 amide bonds. The zero-order valence-electron chi connectivity index (χ0n) is 9.50. The Morgan fingerprint density at radius 2 is 2.29 bits per heavy atom. The van der Waals surface area contributed by atoms with Crippen LogP contribution in [0.5, 0.6) is 0 Å². The summed E-state index contributed by atoms with van der Waals surface area (Å²) in [6.07, 6.45) is 0.133. The van der Waals surface area contributed by atoms with E-state index in [2.05, 4.69) is 22.0 Å². The van der Waals surface area contributed by atoms with Gasteiger partial charge in [-0.1, -0.05) is 15.9 Å². The van der Waals surface area contributed by atoms with Crippen LogP contribution in [-0.4, -0.2) is 12.6 Å². The lowest BCUT2D eigenvalue weighted by atomic mass is 9.99. The number of hydrogen-bond donors (Lipinski definition) is 1. The fourth-order valence-electron chi connectivity index (χ4n) is 1.56. The second-order valence-corrected chi connectivity index (χ2v) is 4.30. The molecule has 1 rings (SSSR count). The van der Waals surface area contributed by atoms with Crippen molar-refractivity contribution >= 4 is 21.9 Å². The van der Waals surface area contributed by atoms with E-state index in [4.69, 9.17) is 15.7 Å². The molecule has 1 aromatic carbocycles. The number of carbonyl (C=O) groups is 1. The van der Waals surface area contributed by atoms with Crippen LogP contribution in [0.4, 0.5) is 0 Å². The molecule has 17 heavy (non-hydrogen) atoms. The number of rotatable bonds is 4. The molecule has 2 N–H and O–H groups in total. The number of nitriles is 1. The lowest BCUT2D eigenvalue weighted by molar-refractivity contribution is -0.142. The standard InChI is InChI=1S/C12H13BrN2O2/c1-2-17-12(16)5-8-3-10(13)4-9(6-14)11(8)7-15/h3-4H,2,5,7,15H2,1H3. The van der Waals surface area contributed by atoms with E-state index in [1.807, 2.05) is 0 Å². The first kappa shape index (κ1) is 13.7. The second kappa shape index (κ2) is 6.38. The molecule has 4 nitrogen and oxygen atoms in total. The molecule has 90 valence electrons. The van der Waals surface area contributed by atoms with Crippen LogP contribution < -0.4 is 5.73 Å². The predicted molar refractivity (Wildman–Crippen MR) is 67.1 cm³/mol. The van der Waals surface area contributed by atoms with Crippen molar-refractivity contribution in [2.45, 2.75) is 19.9 Å². The van der Waals surface area contributed by atoms with E-state index in [0.717, 1.165) is 10.0 Å². The fraction of sp³-hybridized carbons (Fsp3) is 0.333. The third kappa shape index (κ3) is 3.55. The number of esters is 1. The van der Waals surface area contributed by atoms with Gasteiger partial charge in [-0.15, -0.1) is 0 Å². The van der Waals surface area contributed by atoms with Gasteiger partial charge in [0.25, 0.3) is 0 Å². The van der Waals surface area contributed by atoms with Gasteiger partial charge in [0.2, 0.25) is 0 Å². The van der Waals surface area contributed by atoms with E-state index < -0.39 is 0 Å². The number of carbonyl (C=O) groups excluding carboxylic acids is 1. The monoisotopic (exact) mass is 296 g/mol. The average Bonchev–Trinajstić information content (AvgIpc) is 2.28. The van der Waals surface area contributed by atoms with Crippen molar-refractivity contribution in [3.8, 4) is 6.07 Å². The summed E-state index contributed by atoms with van der Waals surface area (Å²) in [4.78, 5) is 11.4. The highest BCUT2D eigenvalue weighted by Gasteiger charge is 2.12. The zero-order chi connectivity index (χ0) is 12.8. The molecule has 5 heteroatoms. The van der Waals surface area contributed by atoms with Crippen LogP contribution in [0.3, 0.4) is 0 Å². The van der Waals surface area contributed by atoms with Gasteiger partial charge in [-0.3, -0.25) is 4.79 Å². The molecule has 1 aromatic rings. The van der Waals surface area contributed by atoms with E-state index in [-0.39, 0.29) is 18.9 Å². The minimum Gasteiger partial charge on any atom is -0.466 e. The molecule has 0 saturated carbocycles. The number of nitrogens with zero attached hydrogens (tertiary/aromatic N) is 1. The van der Waals surface area contributed by atoms with Gasteiger partial charge >= 0.3 is 5.97 Å². The summed E-state index contributed by atoms with van der Waals surface area (Å²) >= 11 is 3.30. The molecule has 0 unspecified atom stereocenters. The van der Waals surface area contributed by atoms with Gasteiger partial charge in [-0.25, -0.2) is 0 Å². The Labute approximate surface area is 108 Å². The Morgan fingerprint density at radius 3 is 2.82 bits per heavy atom. The number of hydrogen-bond acceptors (Lipinski definition) is 4. The maximum Gasteiger partial charge on any atom is 0.310 e. The number of ether oxygens (including phenoxy) is 1. The van der Waals surface area contributed by atoms with Crippen LogP contribution in [0.2, 0.25) is 0 Å². The van der Waals surface area contributed by atoms with Crippen LogP contribution in [0, 0.1) is 11.3 Å². The van der Waals surface area contributed by atoms with Crippen molar-refractivity contribution < 1.29 is 9.53 Å². The molecule has 0 aliphatic heterocycles. The number of benzene rings is 1. The van der Waals surface area contributed by atoms with Crippen LogP contribution in [-0.2, 0) is 22.5 Å². The summed E-state index contributed by atoms with van der Waals surface area (Å²) in [5, 5.41) is 8.99. The minimum absolute atomic E-state index is 0.133. The largest absolute Gasteiger partial charge is 0.466 e. The van der Waals surface area contributed by atoms with Crippen molar-refractivity contribution in [3.05, 3.63) is 33.3 Å². The Morgan fingerprint density at radius 1 is 1.59 bits per heavy atom. The van der Waals surface area contributed by atoms with Crippen molar-refractivity contribution in [1.82, 2.24) is 0 Å². The molecular formula is C12H13BrN2O2. The Balaban J connectivity index is 3.10.